The molecule has 0 N–H and O–H groups in total. The van der Waals surface area contributed by atoms with E-state index in [2.05, 4.69) is 0 Å². The molecule has 2 amide bonds. The van der Waals surface area contributed by atoms with Gasteiger partial charge in [0, 0.05) is 22.1 Å². The number of nitro groups is 1. The van der Waals surface area contributed by atoms with E-state index >= 15 is 0 Å². The molecule has 6 nitrogen and oxygen atoms in total. The lowest BCUT2D eigenvalue weighted by molar-refractivity contribution is -0.384. The number of rotatable bonds is 5. The van der Waals surface area contributed by atoms with Gasteiger partial charge in [0.05, 0.1) is 21.1 Å². The first kappa shape index (κ1) is 20.8. The molecule has 0 bridgehead atoms. The van der Waals surface area contributed by atoms with Gasteiger partial charge in [-0.25, -0.2) is 4.90 Å². The first-order chi connectivity index (χ1) is 14.8. The lowest BCUT2D eigenvalue weighted by Crippen LogP contribution is -2.31. The molecular formula is C23H15ClN2O4S. The second-order valence-electron chi connectivity index (χ2n) is 6.85. The summed E-state index contributed by atoms with van der Waals surface area (Å²) in [6, 6.07) is 19.7. The summed E-state index contributed by atoms with van der Waals surface area (Å²) >= 11 is 7.12. The van der Waals surface area contributed by atoms with E-state index in [1.54, 1.807) is 42.5 Å². The van der Waals surface area contributed by atoms with Crippen LogP contribution >= 0.6 is 23.4 Å². The zero-order valence-corrected chi connectivity index (χ0v) is 17.8. The van der Waals surface area contributed by atoms with Crippen LogP contribution in [0.4, 0.5) is 11.4 Å². The van der Waals surface area contributed by atoms with Crippen LogP contribution in [-0.4, -0.2) is 16.7 Å². The van der Waals surface area contributed by atoms with Crippen LogP contribution in [0, 0.1) is 17.0 Å². The number of anilines is 1. The Labute approximate surface area is 187 Å². The average molecular weight is 451 g/mol. The Hall–Kier alpha value is -3.42. The summed E-state index contributed by atoms with van der Waals surface area (Å²) in [5.41, 5.74) is 1.94. The van der Waals surface area contributed by atoms with E-state index in [4.69, 9.17) is 11.6 Å². The first-order valence-corrected chi connectivity index (χ1v) is 10.4. The third-order valence-corrected chi connectivity index (χ3v) is 6.04. The van der Waals surface area contributed by atoms with Gasteiger partial charge >= 0.3 is 0 Å². The molecule has 0 saturated carbocycles. The number of carbonyl (C=O) groups is 2. The van der Waals surface area contributed by atoms with Crippen molar-refractivity contribution in [2.45, 2.75) is 11.8 Å². The van der Waals surface area contributed by atoms with Gasteiger partial charge in [-0.15, -0.1) is 0 Å². The Bertz CT molecular complexity index is 1240. The van der Waals surface area contributed by atoms with Gasteiger partial charge in [-0.2, -0.15) is 0 Å². The predicted octanol–water partition coefficient (Wildman–Crippen LogP) is 5.63. The second-order valence-corrected chi connectivity index (χ2v) is 8.37. The molecule has 1 aliphatic rings. The van der Waals surface area contributed by atoms with Gasteiger partial charge in [0.2, 0.25) is 0 Å². The second kappa shape index (κ2) is 8.37. The molecule has 0 aliphatic carbocycles. The number of imide groups is 1. The van der Waals surface area contributed by atoms with Crippen LogP contribution in [-0.2, 0) is 9.59 Å². The molecule has 3 aromatic rings. The number of nitro benzene ring substituents is 1. The molecule has 154 valence electrons. The Morgan fingerprint density at radius 2 is 1.61 bits per heavy atom. The van der Waals surface area contributed by atoms with Crippen molar-refractivity contribution in [3.05, 3.63) is 104 Å². The molecule has 3 aromatic carbocycles. The maximum atomic E-state index is 13.4. The van der Waals surface area contributed by atoms with Crippen molar-refractivity contribution in [1.82, 2.24) is 0 Å². The van der Waals surface area contributed by atoms with Gasteiger partial charge in [0.25, 0.3) is 17.5 Å². The van der Waals surface area contributed by atoms with E-state index in [-0.39, 0.29) is 16.2 Å². The molecule has 0 fully saturated rings. The molecule has 8 heteroatoms. The number of non-ortho nitro benzene ring substituents is 1. The molecule has 1 aliphatic heterocycles. The third-order valence-electron chi connectivity index (χ3n) is 4.70. The number of amides is 2. The van der Waals surface area contributed by atoms with Crippen molar-refractivity contribution < 1.29 is 14.5 Å². The minimum Gasteiger partial charge on any atom is -0.268 e. The normalized spacial score (nSPS) is 13.8. The summed E-state index contributed by atoms with van der Waals surface area (Å²) in [6.45, 7) is 1.88. The van der Waals surface area contributed by atoms with Gasteiger partial charge in [-0.05, 0) is 66.6 Å². The number of benzene rings is 3. The molecule has 31 heavy (non-hydrogen) atoms. The summed E-state index contributed by atoms with van der Waals surface area (Å²) < 4.78 is 0. The minimum absolute atomic E-state index is 0.0939. The van der Waals surface area contributed by atoms with Crippen molar-refractivity contribution >= 4 is 52.1 Å². The lowest BCUT2D eigenvalue weighted by atomic mass is 10.1. The van der Waals surface area contributed by atoms with Crippen LogP contribution < -0.4 is 4.90 Å². The molecule has 4 rings (SSSR count). The highest BCUT2D eigenvalue weighted by Gasteiger charge is 2.40. The zero-order valence-electron chi connectivity index (χ0n) is 16.2. The maximum Gasteiger partial charge on any atom is 0.272 e. The number of nitrogens with zero attached hydrogens (tertiary/aromatic N) is 2. The van der Waals surface area contributed by atoms with Crippen molar-refractivity contribution in [3.63, 3.8) is 0 Å². The summed E-state index contributed by atoms with van der Waals surface area (Å²) in [4.78, 5) is 39.4. The molecule has 0 radical (unpaired) electrons. The number of thioether (sulfide) groups is 1. The molecule has 0 spiro atoms. The first-order valence-electron chi connectivity index (χ1n) is 9.23. The van der Waals surface area contributed by atoms with Crippen molar-refractivity contribution in [2.75, 3.05) is 4.90 Å². The summed E-state index contributed by atoms with van der Waals surface area (Å²) in [6.07, 6.45) is 0. The van der Waals surface area contributed by atoms with Crippen LogP contribution in [0.25, 0.3) is 5.57 Å². The van der Waals surface area contributed by atoms with E-state index in [1.807, 2.05) is 13.0 Å². The number of aryl methyl sites for hydroxylation is 1. The van der Waals surface area contributed by atoms with Crippen LogP contribution in [0.2, 0.25) is 5.02 Å². The molecular weight excluding hydrogens is 436 g/mol. The highest BCUT2D eigenvalue weighted by atomic mass is 35.5. The lowest BCUT2D eigenvalue weighted by Gasteiger charge is -2.15. The third kappa shape index (κ3) is 4.10. The number of halogens is 1. The van der Waals surface area contributed by atoms with Crippen LogP contribution in [0.5, 0.6) is 0 Å². The Morgan fingerprint density at radius 1 is 0.935 bits per heavy atom. The Kier molecular flexibility index (Phi) is 5.63. The topological polar surface area (TPSA) is 80.5 Å². The van der Waals surface area contributed by atoms with E-state index in [9.17, 15) is 19.7 Å². The number of carbonyl (C=O) groups excluding carboxylic acids is 2. The largest absolute Gasteiger partial charge is 0.272 e. The van der Waals surface area contributed by atoms with E-state index in [0.29, 0.717) is 16.3 Å². The van der Waals surface area contributed by atoms with Crippen LogP contribution in [0.3, 0.4) is 0 Å². The van der Waals surface area contributed by atoms with Crippen molar-refractivity contribution in [2.24, 2.45) is 0 Å². The predicted molar refractivity (Wildman–Crippen MR) is 121 cm³/mol. The standard InChI is InChI=1S/C23H15ClN2O4S/c1-14-3-2-4-18(13-14)25-22(27)20(15-5-9-17(10-6-15)26(29)30)21(23(25)28)31-19-11-7-16(24)8-12-19/h2-13H,1H3. The van der Waals surface area contributed by atoms with Crippen LogP contribution in [0.1, 0.15) is 11.1 Å². The van der Waals surface area contributed by atoms with Gasteiger partial charge in [-0.1, -0.05) is 35.5 Å². The Balaban J connectivity index is 1.82. The molecule has 0 aromatic heterocycles. The molecule has 1 heterocycles. The minimum atomic E-state index is -0.512. The van der Waals surface area contributed by atoms with E-state index in [1.165, 1.54) is 24.3 Å². The quantitative estimate of drug-likeness (QED) is 0.286. The van der Waals surface area contributed by atoms with Crippen molar-refractivity contribution in [3.8, 4) is 0 Å². The highest BCUT2D eigenvalue weighted by Crippen LogP contribution is 2.41. The van der Waals surface area contributed by atoms with Gasteiger partial charge < -0.3 is 0 Å². The highest BCUT2D eigenvalue weighted by molar-refractivity contribution is 8.04. The Morgan fingerprint density at radius 3 is 2.23 bits per heavy atom. The van der Waals surface area contributed by atoms with E-state index in [0.717, 1.165) is 27.1 Å². The fraction of sp³-hybridized carbons (Fsp3) is 0.0435. The van der Waals surface area contributed by atoms with Gasteiger partial charge in [0.1, 0.15) is 0 Å². The number of hydrogen-bond donors (Lipinski definition) is 0. The fourth-order valence-corrected chi connectivity index (χ4v) is 4.35. The van der Waals surface area contributed by atoms with E-state index < -0.39 is 16.7 Å². The average Bonchev–Trinajstić information content (AvgIpc) is 2.99. The van der Waals surface area contributed by atoms with Gasteiger partial charge in [-0.3, -0.25) is 19.7 Å². The molecule has 0 unspecified atom stereocenters. The van der Waals surface area contributed by atoms with Gasteiger partial charge in [0.15, 0.2) is 0 Å². The monoisotopic (exact) mass is 450 g/mol. The van der Waals surface area contributed by atoms with Crippen molar-refractivity contribution in [1.29, 1.82) is 0 Å². The SMILES string of the molecule is Cc1cccc(N2C(=O)C(Sc3ccc(Cl)cc3)=C(c3ccc([N+](=O)[O-])cc3)C2=O)c1. The zero-order chi connectivity index (χ0) is 22.1. The number of hydrogen-bond acceptors (Lipinski definition) is 5. The summed E-state index contributed by atoms with van der Waals surface area (Å²) in [5, 5.41) is 11.6. The smallest absolute Gasteiger partial charge is 0.268 e. The molecule has 0 saturated heterocycles. The fourth-order valence-electron chi connectivity index (χ4n) is 3.23. The summed E-state index contributed by atoms with van der Waals surface area (Å²) in [5.74, 6) is -0.912. The van der Waals surface area contributed by atoms with Crippen LogP contribution in [0.15, 0.2) is 82.6 Å². The summed E-state index contributed by atoms with van der Waals surface area (Å²) in [7, 11) is 0. The maximum absolute atomic E-state index is 13.4. The molecule has 0 atom stereocenters.